The lowest BCUT2D eigenvalue weighted by atomic mass is 9.73. The van der Waals surface area contributed by atoms with Gasteiger partial charge >= 0.3 is 6.09 Å². The molecule has 1 unspecified atom stereocenters. The molecule has 1 aliphatic rings. The number of amides is 1. The molecule has 5 nitrogen and oxygen atoms in total. The van der Waals surface area contributed by atoms with Gasteiger partial charge in [0.15, 0.2) is 5.60 Å². The second-order valence-corrected chi connectivity index (χ2v) is 10.5. The third-order valence-electron chi connectivity index (χ3n) is 6.64. The van der Waals surface area contributed by atoms with Crippen molar-refractivity contribution in [3.63, 3.8) is 0 Å². The number of aliphatic hydroxyl groups is 1. The van der Waals surface area contributed by atoms with Crippen LogP contribution in [0.5, 0.6) is 5.75 Å². The molecule has 0 aliphatic carbocycles. The van der Waals surface area contributed by atoms with E-state index >= 15 is 0 Å². The van der Waals surface area contributed by atoms with E-state index in [0.29, 0.717) is 17.0 Å². The summed E-state index contributed by atoms with van der Waals surface area (Å²) in [6.07, 6.45) is -0.527. The van der Waals surface area contributed by atoms with Crippen LogP contribution in [-0.2, 0) is 10.3 Å². The highest BCUT2D eigenvalue weighted by atomic mass is 16.6. The summed E-state index contributed by atoms with van der Waals surface area (Å²) in [7, 11) is 0. The number of benzene rings is 3. The van der Waals surface area contributed by atoms with Crippen molar-refractivity contribution in [3.05, 3.63) is 70.3 Å². The van der Waals surface area contributed by atoms with Crippen molar-refractivity contribution in [2.24, 2.45) is 0 Å². The van der Waals surface area contributed by atoms with E-state index in [2.05, 4.69) is 11.4 Å². The van der Waals surface area contributed by atoms with Crippen LogP contribution in [0.1, 0.15) is 62.4 Å². The van der Waals surface area contributed by atoms with E-state index in [9.17, 15) is 9.90 Å². The van der Waals surface area contributed by atoms with Crippen LogP contribution >= 0.6 is 0 Å². The first-order chi connectivity index (χ1) is 15.3. The van der Waals surface area contributed by atoms with Gasteiger partial charge < -0.3 is 14.6 Å². The van der Waals surface area contributed by atoms with Crippen LogP contribution in [-0.4, -0.2) is 22.4 Å². The zero-order chi connectivity index (χ0) is 24.3. The third-order valence-corrected chi connectivity index (χ3v) is 6.64. The summed E-state index contributed by atoms with van der Waals surface area (Å²) < 4.78 is 11.9. The lowest BCUT2D eigenvalue weighted by Gasteiger charge is -2.36. The Morgan fingerprint density at radius 2 is 1.61 bits per heavy atom. The van der Waals surface area contributed by atoms with Crippen LogP contribution in [0, 0.1) is 20.8 Å². The molecule has 0 saturated heterocycles. The first-order valence-electron chi connectivity index (χ1n) is 11.3. The summed E-state index contributed by atoms with van der Waals surface area (Å²) in [5.74, 6) is 0.667. The molecule has 0 bridgehead atoms. The molecule has 0 fully saturated rings. The van der Waals surface area contributed by atoms with Gasteiger partial charge in [0, 0.05) is 5.56 Å². The number of anilines is 1. The predicted octanol–water partition coefficient (Wildman–Crippen LogP) is 6.52. The number of nitrogens with one attached hydrogen (secondary N) is 1. The molecule has 1 aliphatic heterocycles. The summed E-state index contributed by atoms with van der Waals surface area (Å²) in [4.78, 5) is 12.6. The van der Waals surface area contributed by atoms with Crippen molar-refractivity contribution in [1.82, 2.24) is 0 Å². The van der Waals surface area contributed by atoms with Crippen LogP contribution in [0.15, 0.2) is 42.5 Å². The molecule has 5 heteroatoms. The van der Waals surface area contributed by atoms with E-state index in [4.69, 9.17) is 9.47 Å². The minimum absolute atomic E-state index is 0.527. The van der Waals surface area contributed by atoms with E-state index in [1.807, 2.05) is 91.8 Å². The zero-order valence-electron chi connectivity index (χ0n) is 20.7. The van der Waals surface area contributed by atoms with E-state index in [1.54, 1.807) is 0 Å². The van der Waals surface area contributed by atoms with Gasteiger partial charge in [-0.2, -0.15) is 0 Å². The molecule has 33 heavy (non-hydrogen) atoms. The molecule has 0 spiro atoms. The SMILES string of the molecule is Cc1c(C)c2c(c(C)c1NC(=O)OC(C)(C)C)C(O)(c1ccc3ccccc3c1)C(C)(C)O2. The van der Waals surface area contributed by atoms with Gasteiger partial charge in [0.2, 0.25) is 0 Å². The lowest BCUT2D eigenvalue weighted by molar-refractivity contribution is -0.0644. The Hall–Kier alpha value is -3.05. The van der Waals surface area contributed by atoms with E-state index < -0.39 is 22.9 Å². The van der Waals surface area contributed by atoms with Crippen molar-refractivity contribution in [2.75, 3.05) is 5.32 Å². The molecule has 1 heterocycles. The smallest absolute Gasteiger partial charge is 0.412 e. The maximum absolute atomic E-state index is 12.6. The van der Waals surface area contributed by atoms with Crippen LogP contribution in [0.25, 0.3) is 10.8 Å². The number of hydrogen-bond acceptors (Lipinski definition) is 4. The van der Waals surface area contributed by atoms with Crippen molar-refractivity contribution in [2.45, 2.75) is 72.2 Å². The molecule has 4 rings (SSSR count). The van der Waals surface area contributed by atoms with Crippen LogP contribution in [0.3, 0.4) is 0 Å². The van der Waals surface area contributed by atoms with E-state index in [-0.39, 0.29) is 0 Å². The van der Waals surface area contributed by atoms with Gasteiger partial charge in [0.1, 0.15) is 17.0 Å². The minimum Gasteiger partial charge on any atom is -0.483 e. The highest BCUT2D eigenvalue weighted by Crippen LogP contribution is 2.56. The van der Waals surface area contributed by atoms with Gasteiger partial charge in [-0.3, -0.25) is 5.32 Å². The number of carbonyl (C=O) groups is 1. The fourth-order valence-corrected chi connectivity index (χ4v) is 4.81. The molecule has 0 aromatic heterocycles. The predicted molar refractivity (Wildman–Crippen MR) is 132 cm³/mol. The third kappa shape index (κ3) is 3.65. The Bertz CT molecular complexity index is 1270. The largest absolute Gasteiger partial charge is 0.483 e. The number of carbonyl (C=O) groups excluding carboxylic acids is 1. The maximum Gasteiger partial charge on any atom is 0.412 e. The van der Waals surface area contributed by atoms with Crippen LogP contribution in [0.4, 0.5) is 10.5 Å². The summed E-state index contributed by atoms with van der Waals surface area (Å²) in [6.45, 7) is 15.1. The fourth-order valence-electron chi connectivity index (χ4n) is 4.81. The van der Waals surface area contributed by atoms with Gasteiger partial charge in [-0.25, -0.2) is 4.79 Å². The van der Waals surface area contributed by atoms with Gasteiger partial charge in [-0.15, -0.1) is 0 Å². The lowest BCUT2D eigenvalue weighted by Crippen LogP contribution is -2.47. The normalized spacial score (nSPS) is 19.2. The zero-order valence-corrected chi connectivity index (χ0v) is 20.7. The number of ether oxygens (including phenoxy) is 2. The monoisotopic (exact) mass is 447 g/mol. The average Bonchev–Trinajstić information content (AvgIpc) is 2.95. The van der Waals surface area contributed by atoms with Gasteiger partial charge in [0.25, 0.3) is 0 Å². The molecule has 2 N–H and O–H groups in total. The first kappa shape index (κ1) is 23.1. The molecule has 3 aromatic rings. The van der Waals surface area contributed by atoms with Crippen LogP contribution < -0.4 is 10.1 Å². The minimum atomic E-state index is -1.42. The van der Waals surface area contributed by atoms with Gasteiger partial charge in [-0.1, -0.05) is 36.4 Å². The average molecular weight is 448 g/mol. The molecule has 3 aromatic carbocycles. The summed E-state index contributed by atoms with van der Waals surface area (Å²) in [5, 5.41) is 17.4. The molecular weight excluding hydrogens is 414 g/mol. The summed E-state index contributed by atoms with van der Waals surface area (Å²) in [5.41, 5.74) is 1.64. The van der Waals surface area contributed by atoms with Crippen molar-refractivity contribution < 1.29 is 19.4 Å². The van der Waals surface area contributed by atoms with Crippen molar-refractivity contribution in [3.8, 4) is 5.75 Å². The Morgan fingerprint density at radius 3 is 2.24 bits per heavy atom. The molecule has 0 radical (unpaired) electrons. The Morgan fingerprint density at radius 1 is 0.970 bits per heavy atom. The Labute approximate surface area is 195 Å². The number of fused-ring (bicyclic) bond motifs is 2. The molecular formula is C28H33NO4. The highest BCUT2D eigenvalue weighted by Gasteiger charge is 2.57. The number of hydrogen-bond donors (Lipinski definition) is 2. The Kier molecular flexibility index (Phi) is 5.25. The molecule has 1 amide bonds. The van der Waals surface area contributed by atoms with Crippen molar-refractivity contribution >= 4 is 22.6 Å². The second-order valence-electron chi connectivity index (χ2n) is 10.5. The van der Waals surface area contributed by atoms with E-state index in [1.165, 1.54) is 0 Å². The van der Waals surface area contributed by atoms with Crippen LogP contribution in [0.2, 0.25) is 0 Å². The summed E-state index contributed by atoms with van der Waals surface area (Å²) >= 11 is 0. The molecule has 1 atom stereocenters. The van der Waals surface area contributed by atoms with Gasteiger partial charge in [-0.05, 0) is 94.5 Å². The second kappa shape index (κ2) is 7.49. The van der Waals surface area contributed by atoms with Crippen molar-refractivity contribution in [1.29, 1.82) is 0 Å². The molecule has 174 valence electrons. The Balaban J connectivity index is 1.92. The van der Waals surface area contributed by atoms with E-state index in [0.717, 1.165) is 33.0 Å². The highest BCUT2D eigenvalue weighted by molar-refractivity contribution is 5.89. The quantitative estimate of drug-likeness (QED) is 0.469. The number of rotatable bonds is 2. The molecule has 0 saturated carbocycles. The topological polar surface area (TPSA) is 67.8 Å². The maximum atomic E-state index is 12.6. The first-order valence-corrected chi connectivity index (χ1v) is 11.3. The van der Waals surface area contributed by atoms with Gasteiger partial charge in [0.05, 0.1) is 5.69 Å². The summed E-state index contributed by atoms with van der Waals surface area (Å²) in [6, 6.07) is 14.1. The standard InChI is InChI=1S/C28H33NO4/c1-16-17(2)24-22(18(3)23(16)29-25(30)33-26(4,5)6)28(31,27(7,8)32-24)21-14-13-19-11-9-10-12-20(19)15-21/h9-15,31H,1-8H3,(H,29,30). The fraction of sp³-hybridized carbons (Fsp3) is 0.393.